The molecule has 0 fully saturated rings. The van der Waals surface area contributed by atoms with Gasteiger partial charge < -0.3 is 23.9 Å². The van der Waals surface area contributed by atoms with Crippen molar-refractivity contribution >= 4 is 15.7 Å². The molecule has 0 atom stereocenters. The summed E-state index contributed by atoms with van der Waals surface area (Å²) in [5.41, 5.74) is 1.51. The number of benzene rings is 3. The van der Waals surface area contributed by atoms with E-state index < -0.39 is 15.7 Å². The Morgan fingerprint density at radius 2 is 1.58 bits per heavy atom. The van der Waals surface area contributed by atoms with Gasteiger partial charge in [-0.3, -0.25) is 0 Å². The Hall–Kier alpha value is -4.05. The molecule has 0 aliphatic carbocycles. The first kappa shape index (κ1) is 25.1. The average Bonchev–Trinajstić information content (AvgIpc) is 3.34. The van der Waals surface area contributed by atoms with Crippen molar-refractivity contribution in [2.24, 2.45) is 0 Å². The van der Waals surface area contributed by atoms with E-state index >= 15 is 0 Å². The van der Waals surface area contributed by atoms with Crippen LogP contribution in [0.1, 0.15) is 5.56 Å². The van der Waals surface area contributed by atoms with Crippen LogP contribution < -0.4 is 19.5 Å². The summed E-state index contributed by atoms with van der Waals surface area (Å²) < 4.78 is 61.8. The van der Waals surface area contributed by atoms with Crippen LogP contribution in [0, 0.1) is 5.82 Å². The van der Waals surface area contributed by atoms with Crippen molar-refractivity contribution in [1.82, 2.24) is 4.98 Å². The summed E-state index contributed by atoms with van der Waals surface area (Å²) >= 11 is 0. The van der Waals surface area contributed by atoms with Gasteiger partial charge in [-0.25, -0.2) is 12.8 Å². The summed E-state index contributed by atoms with van der Waals surface area (Å²) in [7, 11) is 0.572. The Morgan fingerprint density at radius 1 is 0.889 bits per heavy atom. The second kappa shape index (κ2) is 10.7. The van der Waals surface area contributed by atoms with Gasteiger partial charge in [0.15, 0.2) is 11.5 Å². The van der Waals surface area contributed by atoms with Crippen LogP contribution >= 0.6 is 0 Å². The Labute approximate surface area is 208 Å². The molecule has 0 aliphatic rings. The van der Waals surface area contributed by atoms with Crippen LogP contribution in [0.2, 0.25) is 0 Å². The molecule has 0 unspecified atom stereocenters. The molecule has 3 aromatic carbocycles. The smallest absolute Gasteiger partial charge is 0.233 e. The fourth-order valence-electron chi connectivity index (χ4n) is 3.54. The molecular formula is C26H25FN2O6S. The Morgan fingerprint density at radius 3 is 2.22 bits per heavy atom. The van der Waals surface area contributed by atoms with Gasteiger partial charge in [-0.05, 0) is 72.6 Å². The number of hydrogen-bond acceptors (Lipinski definition) is 8. The van der Waals surface area contributed by atoms with Crippen molar-refractivity contribution in [2.45, 2.75) is 16.3 Å². The quantitative estimate of drug-likeness (QED) is 0.297. The second-order valence-electron chi connectivity index (χ2n) is 7.71. The molecule has 36 heavy (non-hydrogen) atoms. The van der Waals surface area contributed by atoms with Crippen molar-refractivity contribution in [1.29, 1.82) is 0 Å². The van der Waals surface area contributed by atoms with E-state index in [1.54, 1.807) is 51.7 Å². The molecule has 0 bridgehead atoms. The van der Waals surface area contributed by atoms with Gasteiger partial charge >= 0.3 is 0 Å². The predicted octanol–water partition coefficient (Wildman–Crippen LogP) is 4.99. The van der Waals surface area contributed by atoms with Crippen molar-refractivity contribution < 1.29 is 31.4 Å². The zero-order chi connectivity index (χ0) is 25.7. The molecule has 4 aromatic rings. The summed E-state index contributed by atoms with van der Waals surface area (Å²) in [5, 5.41) is 2.76. The monoisotopic (exact) mass is 512 g/mol. The van der Waals surface area contributed by atoms with Crippen LogP contribution in [0.25, 0.3) is 11.5 Å². The van der Waals surface area contributed by atoms with Crippen molar-refractivity contribution in [3.8, 4) is 28.7 Å². The molecule has 1 N–H and O–H groups in total. The van der Waals surface area contributed by atoms with Gasteiger partial charge in [0.1, 0.15) is 11.6 Å². The van der Waals surface area contributed by atoms with Crippen LogP contribution in [0.5, 0.6) is 17.2 Å². The number of oxazole rings is 1. The van der Waals surface area contributed by atoms with Crippen LogP contribution in [-0.2, 0) is 16.3 Å². The minimum absolute atomic E-state index is 0.00869. The van der Waals surface area contributed by atoms with Crippen LogP contribution in [-0.4, -0.2) is 41.3 Å². The first-order valence-corrected chi connectivity index (χ1v) is 12.4. The average molecular weight is 513 g/mol. The van der Waals surface area contributed by atoms with E-state index in [9.17, 15) is 12.8 Å². The molecule has 8 nitrogen and oxygen atoms in total. The number of rotatable bonds is 10. The highest BCUT2D eigenvalue weighted by atomic mass is 32.2. The fourth-order valence-corrected chi connectivity index (χ4v) is 4.82. The lowest BCUT2D eigenvalue weighted by Gasteiger charge is -2.10. The first-order chi connectivity index (χ1) is 17.3. The highest BCUT2D eigenvalue weighted by molar-refractivity contribution is 7.91. The molecule has 0 spiro atoms. The number of anilines is 1. The molecular weight excluding hydrogens is 487 g/mol. The maximum Gasteiger partial charge on any atom is 0.233 e. The summed E-state index contributed by atoms with van der Waals surface area (Å²) in [4.78, 5) is 4.20. The molecule has 0 radical (unpaired) electrons. The van der Waals surface area contributed by atoms with E-state index in [4.69, 9.17) is 18.6 Å². The molecule has 1 aromatic heterocycles. The van der Waals surface area contributed by atoms with Crippen molar-refractivity contribution in [3.63, 3.8) is 0 Å². The van der Waals surface area contributed by atoms with Crippen LogP contribution in [0.4, 0.5) is 10.3 Å². The number of ether oxygens (including phenoxy) is 3. The Balaban J connectivity index is 1.64. The standard InChI is InChI=1S/C26H25FN2O6S/c1-32-20-9-5-18(6-10-20)24-29-26(36(30,31)21-11-7-19(27)8-12-21)25(35-24)28-15-14-17-4-13-22(33-2)23(16-17)34-3/h4-13,16,28H,14-15H2,1-3H3. The number of hydrogen-bond donors (Lipinski definition) is 1. The van der Waals surface area contributed by atoms with Gasteiger partial charge in [-0.2, -0.15) is 4.98 Å². The maximum atomic E-state index is 13.4. The van der Waals surface area contributed by atoms with Crippen LogP contribution in [0.3, 0.4) is 0 Å². The first-order valence-electron chi connectivity index (χ1n) is 11.0. The fraction of sp³-hybridized carbons (Fsp3) is 0.192. The third-order valence-electron chi connectivity index (χ3n) is 5.46. The number of nitrogens with zero attached hydrogens (tertiary/aromatic N) is 1. The van der Waals surface area contributed by atoms with E-state index in [0.717, 1.165) is 17.7 Å². The van der Waals surface area contributed by atoms with Crippen molar-refractivity contribution in [3.05, 3.63) is 78.1 Å². The normalized spacial score (nSPS) is 11.2. The number of sulfone groups is 1. The second-order valence-corrected chi connectivity index (χ2v) is 9.57. The summed E-state index contributed by atoms with van der Waals surface area (Å²) in [6, 6.07) is 17.0. The summed E-state index contributed by atoms with van der Waals surface area (Å²) in [6.07, 6.45) is 0.537. The zero-order valence-corrected chi connectivity index (χ0v) is 20.8. The van der Waals surface area contributed by atoms with Gasteiger partial charge in [-0.15, -0.1) is 0 Å². The molecule has 0 amide bonds. The molecule has 0 saturated carbocycles. The van der Waals surface area contributed by atoms with Gasteiger partial charge in [0, 0.05) is 12.1 Å². The van der Waals surface area contributed by atoms with E-state index in [1.165, 1.54) is 12.1 Å². The van der Waals surface area contributed by atoms with E-state index in [1.807, 2.05) is 12.1 Å². The van der Waals surface area contributed by atoms with Gasteiger partial charge in [-0.1, -0.05) is 6.07 Å². The number of aromatic nitrogens is 1. The molecule has 1 heterocycles. The lowest BCUT2D eigenvalue weighted by atomic mass is 10.1. The molecule has 10 heteroatoms. The number of halogens is 1. The predicted molar refractivity (Wildman–Crippen MR) is 132 cm³/mol. The third-order valence-corrected chi connectivity index (χ3v) is 7.14. The lowest BCUT2D eigenvalue weighted by molar-refractivity contribution is 0.354. The van der Waals surface area contributed by atoms with E-state index in [-0.39, 0.29) is 21.7 Å². The largest absolute Gasteiger partial charge is 0.497 e. The molecule has 0 saturated heterocycles. The number of nitrogens with one attached hydrogen (secondary N) is 1. The molecule has 188 valence electrons. The third kappa shape index (κ3) is 5.28. The maximum absolute atomic E-state index is 13.4. The van der Waals surface area contributed by atoms with Crippen LogP contribution in [0.15, 0.2) is 81.1 Å². The SMILES string of the molecule is COc1ccc(-c2nc(S(=O)(=O)c3ccc(F)cc3)c(NCCc3ccc(OC)c(OC)c3)o2)cc1. The molecule has 4 rings (SSSR count). The lowest BCUT2D eigenvalue weighted by Crippen LogP contribution is -2.10. The van der Waals surface area contributed by atoms with E-state index in [2.05, 4.69) is 10.3 Å². The van der Waals surface area contributed by atoms with Gasteiger partial charge in [0.05, 0.1) is 26.2 Å². The number of methoxy groups -OCH3 is 3. The molecule has 0 aliphatic heterocycles. The highest BCUT2D eigenvalue weighted by Gasteiger charge is 2.28. The zero-order valence-electron chi connectivity index (χ0n) is 19.9. The van der Waals surface area contributed by atoms with E-state index in [0.29, 0.717) is 35.8 Å². The highest BCUT2D eigenvalue weighted by Crippen LogP contribution is 2.33. The summed E-state index contributed by atoms with van der Waals surface area (Å²) in [6.45, 7) is 0.346. The van der Waals surface area contributed by atoms with Crippen molar-refractivity contribution in [2.75, 3.05) is 33.2 Å². The minimum Gasteiger partial charge on any atom is -0.497 e. The summed E-state index contributed by atoms with van der Waals surface area (Å²) in [5.74, 6) is 1.41. The Bertz CT molecular complexity index is 1430. The minimum atomic E-state index is -4.10. The van der Waals surface area contributed by atoms with Gasteiger partial charge in [0.2, 0.25) is 26.6 Å². The topological polar surface area (TPSA) is 99.9 Å². The van der Waals surface area contributed by atoms with Gasteiger partial charge in [0.25, 0.3) is 0 Å². The Kier molecular flexibility index (Phi) is 7.44.